The largest absolute Gasteiger partial charge is 0.453 e. The molecule has 1 fully saturated rings. The molecule has 0 spiro atoms. The predicted molar refractivity (Wildman–Crippen MR) is 170 cm³/mol. The lowest BCUT2D eigenvalue weighted by Gasteiger charge is -2.27. The van der Waals surface area contributed by atoms with Gasteiger partial charge in [0.15, 0.2) is 0 Å². The number of hydrogen-bond donors (Lipinski definition) is 1. The Morgan fingerprint density at radius 2 is 1.42 bits per heavy atom. The van der Waals surface area contributed by atoms with E-state index >= 15 is 0 Å². The third kappa shape index (κ3) is 12.1. The Balaban J connectivity index is 0.0000115. The van der Waals surface area contributed by atoms with Crippen molar-refractivity contribution in [3.63, 3.8) is 0 Å². The van der Waals surface area contributed by atoms with Gasteiger partial charge in [-0.2, -0.15) is 35.1 Å². The first kappa shape index (κ1) is 43.5. The van der Waals surface area contributed by atoms with E-state index in [0.29, 0.717) is 36.6 Å². The van der Waals surface area contributed by atoms with Crippen LogP contribution in [0, 0.1) is 0 Å². The zero-order valence-corrected chi connectivity index (χ0v) is 28.9. The number of imide groups is 1. The minimum atomic E-state index is -5.61. The topological polar surface area (TPSA) is 90.0 Å². The van der Waals surface area contributed by atoms with Crippen LogP contribution in [-0.2, 0) is 26.6 Å². The third-order valence-electron chi connectivity index (χ3n) is 7.66. The number of unbranched alkanes of at least 4 members (excludes halogenated alkanes) is 6. The van der Waals surface area contributed by atoms with Crippen LogP contribution >= 0.6 is 12.4 Å². The molecule has 276 valence electrons. The van der Waals surface area contributed by atoms with E-state index in [0.717, 1.165) is 25.3 Å². The van der Waals surface area contributed by atoms with Crippen LogP contribution in [0.3, 0.4) is 0 Å². The second kappa shape index (κ2) is 17.9. The first-order chi connectivity index (χ1) is 21.6. The van der Waals surface area contributed by atoms with Crippen molar-refractivity contribution in [2.45, 2.75) is 95.4 Å². The van der Waals surface area contributed by atoms with Crippen LogP contribution in [0.25, 0.3) is 0 Å². The second-order valence-electron chi connectivity index (χ2n) is 12.3. The van der Waals surface area contributed by atoms with Gasteiger partial charge in [0.2, 0.25) is 5.91 Å². The molecule has 8 nitrogen and oxygen atoms in total. The van der Waals surface area contributed by atoms with Crippen LogP contribution in [0.15, 0.2) is 18.2 Å². The van der Waals surface area contributed by atoms with Gasteiger partial charge < -0.3 is 15.1 Å². The van der Waals surface area contributed by atoms with Crippen LogP contribution < -0.4 is 10.2 Å². The molecule has 48 heavy (non-hydrogen) atoms. The summed E-state index contributed by atoms with van der Waals surface area (Å²) in [6, 6.07) is 2.10. The molecule has 0 bridgehead atoms. The highest BCUT2D eigenvalue weighted by molar-refractivity contribution is 7.84. The van der Waals surface area contributed by atoms with Gasteiger partial charge in [0, 0.05) is 35.3 Å². The van der Waals surface area contributed by atoms with Crippen molar-refractivity contribution in [3.8, 4) is 0 Å². The minimum Gasteiger partial charge on any atom is -0.324 e. The molecule has 1 saturated heterocycles. The van der Waals surface area contributed by atoms with Crippen molar-refractivity contribution in [2.75, 3.05) is 48.9 Å². The van der Waals surface area contributed by atoms with Gasteiger partial charge in [0.05, 0.1) is 23.5 Å². The Kier molecular flexibility index (Phi) is 16.2. The number of nitrogens with one attached hydrogen (secondary N) is 1. The molecule has 1 heterocycles. The lowest BCUT2D eigenvalue weighted by Crippen LogP contribution is -2.44. The summed E-state index contributed by atoms with van der Waals surface area (Å²) >= 11 is 0. The molecule has 1 atom stereocenters. The number of rotatable bonds is 18. The molecule has 0 aromatic heterocycles. The summed E-state index contributed by atoms with van der Waals surface area (Å²) in [5, 5.41) is 2.22. The normalized spacial score (nSPS) is 16.0. The number of carbonyl (C=O) groups is 3. The van der Waals surface area contributed by atoms with Gasteiger partial charge in [-0.3, -0.25) is 13.8 Å². The summed E-state index contributed by atoms with van der Waals surface area (Å²) in [6.45, 7) is 3.06. The lowest BCUT2D eigenvalue weighted by atomic mass is 10.0. The van der Waals surface area contributed by atoms with Crippen molar-refractivity contribution in [1.29, 1.82) is 0 Å². The number of likely N-dealkylation sites (N-methyl/N-ethyl adjacent to an activating group) is 1. The number of amides is 4. The van der Waals surface area contributed by atoms with E-state index in [-0.39, 0.29) is 42.7 Å². The standard InChI is InChI=1S/C30H42F8N4O4S.ClH/c1-27(2)25(44)42(21-13-14-23(22(19-21)29(33,34)35)39-24(43)20-40(3)4)26(45)41(27)16-10-8-6-5-7-9-11-17-47(46)18-12-15-28(31,32)30(36,37)38;/h13-14,19H,5-12,15-18,20H2,1-4H3,(H,39,43);1H. The van der Waals surface area contributed by atoms with Crippen LogP contribution in [0.2, 0.25) is 0 Å². The minimum absolute atomic E-state index is 0. The fraction of sp³-hybridized carbons (Fsp3) is 0.700. The molecule has 0 saturated carbocycles. The third-order valence-corrected chi connectivity index (χ3v) is 9.14. The van der Waals surface area contributed by atoms with E-state index < -0.39 is 76.6 Å². The molecule has 1 N–H and O–H groups in total. The number of urea groups is 1. The fourth-order valence-corrected chi connectivity index (χ4v) is 6.24. The van der Waals surface area contributed by atoms with E-state index in [1.807, 2.05) is 0 Å². The van der Waals surface area contributed by atoms with Gasteiger partial charge in [-0.15, -0.1) is 12.4 Å². The summed E-state index contributed by atoms with van der Waals surface area (Å²) < 4.78 is 116. The maximum atomic E-state index is 13.9. The Labute approximate surface area is 283 Å². The van der Waals surface area contributed by atoms with E-state index in [1.54, 1.807) is 14.1 Å². The van der Waals surface area contributed by atoms with Crippen molar-refractivity contribution in [3.05, 3.63) is 23.8 Å². The van der Waals surface area contributed by atoms with Crippen molar-refractivity contribution in [1.82, 2.24) is 9.80 Å². The van der Waals surface area contributed by atoms with E-state index in [4.69, 9.17) is 0 Å². The molecule has 1 aromatic carbocycles. The average molecular weight is 743 g/mol. The fourth-order valence-electron chi connectivity index (χ4n) is 5.05. The molecule has 1 unspecified atom stereocenters. The number of nitrogens with zero attached hydrogens (tertiary/aromatic N) is 3. The Hall–Kier alpha value is -2.53. The summed E-state index contributed by atoms with van der Waals surface area (Å²) in [4.78, 5) is 42.1. The van der Waals surface area contributed by atoms with Gasteiger partial charge >= 0.3 is 24.3 Å². The monoisotopic (exact) mass is 742 g/mol. The lowest BCUT2D eigenvalue weighted by molar-refractivity contribution is -0.284. The number of alkyl halides is 8. The maximum absolute atomic E-state index is 13.9. The van der Waals surface area contributed by atoms with Crippen LogP contribution in [0.5, 0.6) is 0 Å². The summed E-state index contributed by atoms with van der Waals surface area (Å²) in [5.74, 6) is -6.15. The van der Waals surface area contributed by atoms with Crippen molar-refractivity contribution >= 4 is 52.4 Å². The molecule has 1 aliphatic rings. The first-order valence-corrected chi connectivity index (χ1v) is 16.7. The number of anilines is 2. The number of benzene rings is 1. The highest BCUT2D eigenvalue weighted by Crippen LogP contribution is 2.40. The second-order valence-corrected chi connectivity index (χ2v) is 14.0. The SMILES string of the molecule is CN(C)CC(=O)Nc1ccc(N2C(=O)N(CCCCCCCCCS(=O)CCCC(F)(F)C(F)(F)F)C(C)(C)C2=O)cc1C(F)(F)F.Cl. The van der Waals surface area contributed by atoms with E-state index in [2.05, 4.69) is 5.32 Å². The first-order valence-electron chi connectivity index (χ1n) is 15.2. The van der Waals surface area contributed by atoms with Gasteiger partial charge in [0.25, 0.3) is 5.91 Å². The molecule has 18 heteroatoms. The predicted octanol–water partition coefficient (Wildman–Crippen LogP) is 7.63. The van der Waals surface area contributed by atoms with Gasteiger partial charge in [-0.1, -0.05) is 32.1 Å². The molecule has 2 rings (SSSR count). The Bertz CT molecular complexity index is 1280. The summed E-state index contributed by atoms with van der Waals surface area (Å²) in [6.07, 6.45) is -7.59. The van der Waals surface area contributed by atoms with Crippen LogP contribution in [0.4, 0.5) is 51.3 Å². The molecular weight excluding hydrogens is 700 g/mol. The Morgan fingerprint density at radius 3 is 1.96 bits per heavy atom. The van der Waals surface area contributed by atoms with E-state index in [1.165, 1.54) is 29.7 Å². The molecule has 1 aliphatic heterocycles. The van der Waals surface area contributed by atoms with E-state index in [9.17, 15) is 53.7 Å². The van der Waals surface area contributed by atoms with Crippen LogP contribution in [0.1, 0.15) is 77.2 Å². The van der Waals surface area contributed by atoms with Gasteiger partial charge in [-0.25, -0.2) is 9.69 Å². The maximum Gasteiger partial charge on any atom is 0.453 e. The van der Waals surface area contributed by atoms with Crippen LogP contribution in [-0.4, -0.2) is 88.2 Å². The van der Waals surface area contributed by atoms with Crippen molar-refractivity contribution in [2.24, 2.45) is 0 Å². The summed E-state index contributed by atoms with van der Waals surface area (Å²) in [5.41, 5.74) is -3.28. The number of carbonyl (C=O) groups excluding carboxylic acids is 3. The molecular formula is C30H43ClF8N4O4S. The Morgan fingerprint density at radius 1 is 0.875 bits per heavy atom. The van der Waals surface area contributed by atoms with Crippen molar-refractivity contribution < 1.29 is 53.7 Å². The van der Waals surface area contributed by atoms with Gasteiger partial charge in [0.1, 0.15) is 5.54 Å². The zero-order chi connectivity index (χ0) is 35.8. The smallest absolute Gasteiger partial charge is 0.324 e. The number of hydrogen-bond acceptors (Lipinski definition) is 5. The molecule has 4 amide bonds. The number of halogens is 9. The molecule has 1 aromatic rings. The summed E-state index contributed by atoms with van der Waals surface area (Å²) in [7, 11) is 1.68. The zero-order valence-electron chi connectivity index (χ0n) is 27.2. The van der Waals surface area contributed by atoms with Gasteiger partial charge in [-0.05, 0) is 65.4 Å². The molecule has 0 aliphatic carbocycles. The molecule has 0 radical (unpaired) electrons. The average Bonchev–Trinajstić information content (AvgIpc) is 3.09. The highest BCUT2D eigenvalue weighted by Gasteiger charge is 2.56. The highest BCUT2D eigenvalue weighted by atomic mass is 35.5. The quantitative estimate of drug-likeness (QED) is 0.0950.